The minimum absolute atomic E-state index is 0.238. The van der Waals surface area contributed by atoms with Crippen molar-refractivity contribution in [1.82, 2.24) is 5.32 Å². The van der Waals surface area contributed by atoms with Gasteiger partial charge in [0.15, 0.2) is 0 Å². The topological polar surface area (TPSA) is 75.6 Å². The van der Waals surface area contributed by atoms with Gasteiger partial charge in [0.05, 0.1) is 6.04 Å². The van der Waals surface area contributed by atoms with Gasteiger partial charge in [-0.25, -0.2) is 0 Å². The molecule has 0 bridgehead atoms. The molecule has 1 aromatic rings. The van der Waals surface area contributed by atoms with Crippen LogP contribution in [0.5, 0.6) is 5.75 Å². The monoisotopic (exact) mass is 251 g/mol. The smallest absolute Gasteiger partial charge is 0.312 e. The zero-order chi connectivity index (χ0) is 13.5. The molecule has 5 heteroatoms. The molecule has 1 rings (SSSR count). The van der Waals surface area contributed by atoms with E-state index in [1.54, 1.807) is 6.92 Å². The summed E-state index contributed by atoms with van der Waals surface area (Å²) in [6.07, 6.45) is -0.519. The fourth-order valence-electron chi connectivity index (χ4n) is 1.36. The summed E-state index contributed by atoms with van der Waals surface area (Å²) < 4.78 is 5.47. The maximum Gasteiger partial charge on any atom is 0.312 e. The van der Waals surface area contributed by atoms with E-state index in [4.69, 9.17) is 9.84 Å². The van der Waals surface area contributed by atoms with Gasteiger partial charge in [-0.15, -0.1) is 0 Å². The van der Waals surface area contributed by atoms with Crippen LogP contribution >= 0.6 is 0 Å². The third-order valence-electron chi connectivity index (χ3n) is 2.24. The standard InChI is InChI=1S/C13H17NO4/c1-9-3-5-11(6-4-9)18-8-10(2)14-12(15)7-13(16)17/h3-6,10H,7-8H2,1-2H3,(H,14,15)(H,16,17). The number of rotatable bonds is 6. The van der Waals surface area contributed by atoms with Crippen molar-refractivity contribution in [3.05, 3.63) is 29.8 Å². The number of nitrogens with one attached hydrogen (secondary N) is 1. The van der Waals surface area contributed by atoms with Crippen LogP contribution in [0.15, 0.2) is 24.3 Å². The Morgan fingerprint density at radius 3 is 2.50 bits per heavy atom. The average Bonchev–Trinajstić information content (AvgIpc) is 2.27. The summed E-state index contributed by atoms with van der Waals surface area (Å²) in [6.45, 7) is 4.04. The summed E-state index contributed by atoms with van der Waals surface area (Å²) in [5.74, 6) is -0.929. The molecule has 0 aliphatic rings. The summed E-state index contributed by atoms with van der Waals surface area (Å²) in [6, 6.07) is 7.33. The van der Waals surface area contributed by atoms with Gasteiger partial charge in [0.2, 0.25) is 5.91 Å². The van der Waals surface area contributed by atoms with Gasteiger partial charge in [-0.3, -0.25) is 9.59 Å². The summed E-state index contributed by atoms with van der Waals surface area (Å²) in [7, 11) is 0. The van der Waals surface area contributed by atoms with E-state index < -0.39 is 18.3 Å². The second-order valence-electron chi connectivity index (χ2n) is 4.16. The van der Waals surface area contributed by atoms with Gasteiger partial charge in [-0.1, -0.05) is 17.7 Å². The number of carboxylic acid groups (broad SMARTS) is 1. The van der Waals surface area contributed by atoms with Gasteiger partial charge in [0, 0.05) is 0 Å². The van der Waals surface area contributed by atoms with Crippen molar-refractivity contribution >= 4 is 11.9 Å². The molecule has 1 amide bonds. The van der Waals surface area contributed by atoms with Crippen molar-refractivity contribution < 1.29 is 19.4 Å². The predicted octanol–water partition coefficient (Wildman–Crippen LogP) is 1.35. The number of hydrogen-bond donors (Lipinski definition) is 2. The zero-order valence-corrected chi connectivity index (χ0v) is 10.5. The Hall–Kier alpha value is -2.04. The van der Waals surface area contributed by atoms with Crippen molar-refractivity contribution in [1.29, 1.82) is 0 Å². The lowest BCUT2D eigenvalue weighted by Crippen LogP contribution is -2.37. The molecule has 0 heterocycles. The minimum Gasteiger partial charge on any atom is -0.491 e. The zero-order valence-electron chi connectivity index (χ0n) is 10.5. The number of carbonyl (C=O) groups excluding carboxylic acids is 1. The molecule has 2 N–H and O–H groups in total. The van der Waals surface area contributed by atoms with E-state index in [-0.39, 0.29) is 6.04 Å². The van der Waals surface area contributed by atoms with Gasteiger partial charge < -0.3 is 15.2 Å². The Bertz CT molecular complexity index is 414. The van der Waals surface area contributed by atoms with E-state index in [1.165, 1.54) is 0 Å². The molecule has 0 radical (unpaired) electrons. The van der Waals surface area contributed by atoms with E-state index in [0.717, 1.165) is 11.3 Å². The van der Waals surface area contributed by atoms with Crippen LogP contribution in [0.3, 0.4) is 0 Å². The minimum atomic E-state index is -1.14. The van der Waals surface area contributed by atoms with Gasteiger partial charge in [0.1, 0.15) is 18.8 Å². The highest BCUT2D eigenvalue weighted by Gasteiger charge is 2.11. The molecule has 0 saturated carbocycles. The number of amides is 1. The van der Waals surface area contributed by atoms with Crippen LogP contribution in [-0.2, 0) is 9.59 Å². The van der Waals surface area contributed by atoms with Crippen LogP contribution in [0, 0.1) is 6.92 Å². The lowest BCUT2D eigenvalue weighted by atomic mass is 10.2. The average molecular weight is 251 g/mol. The third-order valence-corrected chi connectivity index (χ3v) is 2.24. The van der Waals surface area contributed by atoms with Crippen molar-refractivity contribution in [2.75, 3.05) is 6.61 Å². The number of carboxylic acids is 1. The number of hydrogen-bond acceptors (Lipinski definition) is 3. The van der Waals surface area contributed by atoms with Gasteiger partial charge >= 0.3 is 5.97 Å². The quantitative estimate of drug-likeness (QED) is 0.748. The van der Waals surface area contributed by atoms with Gasteiger partial charge in [0.25, 0.3) is 0 Å². The Morgan fingerprint density at radius 1 is 1.33 bits per heavy atom. The Kier molecular flexibility index (Phi) is 5.17. The summed E-state index contributed by atoms with van der Waals surface area (Å²) >= 11 is 0. The molecule has 0 spiro atoms. The van der Waals surface area contributed by atoms with Gasteiger partial charge in [-0.05, 0) is 26.0 Å². The highest BCUT2D eigenvalue weighted by Crippen LogP contribution is 2.11. The Balaban J connectivity index is 2.32. The van der Waals surface area contributed by atoms with Crippen LogP contribution in [-0.4, -0.2) is 29.6 Å². The number of aryl methyl sites for hydroxylation is 1. The van der Waals surface area contributed by atoms with E-state index in [0.29, 0.717) is 6.61 Å². The fraction of sp³-hybridized carbons (Fsp3) is 0.385. The van der Waals surface area contributed by atoms with E-state index in [9.17, 15) is 9.59 Å². The number of ether oxygens (including phenoxy) is 1. The first kappa shape index (κ1) is 14.0. The van der Waals surface area contributed by atoms with E-state index in [1.807, 2.05) is 31.2 Å². The molecule has 0 aliphatic carbocycles. The molecular weight excluding hydrogens is 234 g/mol. The molecular formula is C13H17NO4. The summed E-state index contributed by atoms with van der Waals surface area (Å²) in [4.78, 5) is 21.5. The molecule has 1 unspecified atom stereocenters. The van der Waals surface area contributed by atoms with Crippen LogP contribution in [0.2, 0.25) is 0 Å². The lowest BCUT2D eigenvalue weighted by Gasteiger charge is -2.14. The predicted molar refractivity (Wildman–Crippen MR) is 66.5 cm³/mol. The van der Waals surface area contributed by atoms with Crippen LogP contribution in [0.25, 0.3) is 0 Å². The second kappa shape index (κ2) is 6.64. The molecule has 5 nitrogen and oxygen atoms in total. The first-order valence-corrected chi connectivity index (χ1v) is 5.68. The summed E-state index contributed by atoms with van der Waals surface area (Å²) in [5.41, 5.74) is 1.14. The van der Waals surface area contributed by atoms with Crippen molar-refractivity contribution in [3.8, 4) is 5.75 Å². The van der Waals surface area contributed by atoms with Crippen molar-refractivity contribution in [2.24, 2.45) is 0 Å². The fourth-order valence-corrected chi connectivity index (χ4v) is 1.36. The third kappa shape index (κ3) is 5.34. The van der Waals surface area contributed by atoms with Crippen LogP contribution in [0.4, 0.5) is 0 Å². The van der Waals surface area contributed by atoms with Crippen molar-refractivity contribution in [3.63, 3.8) is 0 Å². The SMILES string of the molecule is Cc1ccc(OCC(C)NC(=O)CC(=O)O)cc1. The van der Waals surface area contributed by atoms with Gasteiger partial charge in [-0.2, -0.15) is 0 Å². The van der Waals surface area contributed by atoms with E-state index in [2.05, 4.69) is 5.32 Å². The Morgan fingerprint density at radius 2 is 1.94 bits per heavy atom. The second-order valence-corrected chi connectivity index (χ2v) is 4.16. The molecule has 0 saturated heterocycles. The van der Waals surface area contributed by atoms with E-state index >= 15 is 0 Å². The number of benzene rings is 1. The first-order valence-electron chi connectivity index (χ1n) is 5.68. The molecule has 1 aromatic carbocycles. The van der Waals surface area contributed by atoms with Crippen molar-refractivity contribution in [2.45, 2.75) is 26.3 Å². The highest BCUT2D eigenvalue weighted by molar-refractivity contribution is 5.93. The molecule has 18 heavy (non-hydrogen) atoms. The Labute approximate surface area is 106 Å². The highest BCUT2D eigenvalue weighted by atomic mass is 16.5. The maximum atomic E-state index is 11.2. The molecule has 0 fully saturated rings. The lowest BCUT2D eigenvalue weighted by molar-refractivity contribution is -0.140. The number of aliphatic carboxylic acids is 1. The molecule has 0 aliphatic heterocycles. The molecule has 0 aromatic heterocycles. The normalized spacial score (nSPS) is 11.7. The number of carbonyl (C=O) groups is 2. The largest absolute Gasteiger partial charge is 0.491 e. The molecule has 98 valence electrons. The maximum absolute atomic E-state index is 11.2. The first-order chi connectivity index (χ1) is 8.47. The van der Waals surface area contributed by atoms with Crippen LogP contribution < -0.4 is 10.1 Å². The summed E-state index contributed by atoms with van der Waals surface area (Å²) in [5, 5.41) is 11.0. The van der Waals surface area contributed by atoms with Crippen LogP contribution in [0.1, 0.15) is 18.9 Å². The molecule has 1 atom stereocenters.